The van der Waals surface area contributed by atoms with Gasteiger partial charge in [0.2, 0.25) is 5.91 Å². The van der Waals surface area contributed by atoms with Crippen LogP contribution in [0.15, 0.2) is 65.7 Å². The van der Waals surface area contributed by atoms with Crippen LogP contribution in [0.2, 0.25) is 0 Å². The van der Waals surface area contributed by atoms with Crippen molar-refractivity contribution in [3.05, 3.63) is 77.6 Å². The summed E-state index contributed by atoms with van der Waals surface area (Å²) in [5, 5.41) is 14.7. The molecule has 2 aromatic carbocycles. The molecule has 1 heterocycles. The molecule has 0 fully saturated rings. The molecule has 0 unspecified atom stereocenters. The lowest BCUT2D eigenvalue weighted by Gasteiger charge is -2.07. The van der Waals surface area contributed by atoms with Crippen molar-refractivity contribution in [2.75, 3.05) is 16.4 Å². The maximum absolute atomic E-state index is 13.5. The van der Waals surface area contributed by atoms with E-state index in [1.54, 1.807) is 19.1 Å². The van der Waals surface area contributed by atoms with E-state index in [-0.39, 0.29) is 17.5 Å². The Morgan fingerprint density at radius 3 is 2.59 bits per heavy atom. The number of benzene rings is 2. The minimum Gasteiger partial charge on any atom is -0.365 e. The molecular weight excluding hydrogens is 363 g/mol. The lowest BCUT2D eigenvalue weighted by molar-refractivity contribution is -0.113. The third-order valence-electron chi connectivity index (χ3n) is 3.76. The van der Waals surface area contributed by atoms with E-state index in [4.69, 9.17) is 0 Å². The third kappa shape index (κ3) is 5.79. The standard InChI is InChI=1S/C20H19FN4OS/c1-14-7-8-16(11-17(14)21)23-19(26)13-27-20-10-9-18(24-25-20)22-12-15-5-3-2-4-6-15/h2-11H,12-13H2,1H3,(H,22,24)(H,23,26). The predicted molar refractivity (Wildman–Crippen MR) is 106 cm³/mol. The lowest BCUT2D eigenvalue weighted by Crippen LogP contribution is -2.14. The number of rotatable bonds is 7. The summed E-state index contributed by atoms with van der Waals surface area (Å²) < 4.78 is 13.5. The van der Waals surface area contributed by atoms with Crippen LogP contribution in [0.3, 0.4) is 0 Å². The molecule has 1 aromatic heterocycles. The Hall–Kier alpha value is -2.93. The summed E-state index contributed by atoms with van der Waals surface area (Å²) in [6.45, 7) is 2.34. The number of aromatic nitrogens is 2. The van der Waals surface area contributed by atoms with Crippen LogP contribution >= 0.6 is 11.8 Å². The number of nitrogens with one attached hydrogen (secondary N) is 2. The molecule has 0 spiro atoms. The van der Waals surface area contributed by atoms with E-state index < -0.39 is 0 Å². The Morgan fingerprint density at radius 1 is 1.07 bits per heavy atom. The summed E-state index contributed by atoms with van der Waals surface area (Å²) in [6, 6.07) is 18.3. The van der Waals surface area contributed by atoms with Crippen molar-refractivity contribution in [2.24, 2.45) is 0 Å². The van der Waals surface area contributed by atoms with Crippen LogP contribution in [0.25, 0.3) is 0 Å². The van der Waals surface area contributed by atoms with Gasteiger partial charge in [-0.25, -0.2) is 4.39 Å². The molecule has 0 aliphatic heterocycles. The molecule has 1 amide bonds. The van der Waals surface area contributed by atoms with Crippen LogP contribution in [-0.2, 0) is 11.3 Å². The first-order valence-corrected chi connectivity index (χ1v) is 9.39. The van der Waals surface area contributed by atoms with Gasteiger partial charge in [-0.05, 0) is 42.3 Å². The van der Waals surface area contributed by atoms with E-state index in [2.05, 4.69) is 20.8 Å². The molecule has 5 nitrogen and oxygen atoms in total. The van der Waals surface area contributed by atoms with Crippen LogP contribution in [0.1, 0.15) is 11.1 Å². The quantitative estimate of drug-likeness (QED) is 0.598. The van der Waals surface area contributed by atoms with Gasteiger partial charge in [0.15, 0.2) is 0 Å². The van der Waals surface area contributed by atoms with Crippen molar-refractivity contribution in [1.82, 2.24) is 10.2 Å². The fourth-order valence-corrected chi connectivity index (χ4v) is 2.90. The third-order valence-corrected chi connectivity index (χ3v) is 4.68. The molecule has 0 bridgehead atoms. The minimum absolute atomic E-state index is 0.168. The summed E-state index contributed by atoms with van der Waals surface area (Å²) in [6.07, 6.45) is 0. The average molecular weight is 382 g/mol. The summed E-state index contributed by atoms with van der Waals surface area (Å²) in [5.74, 6) is 0.269. The van der Waals surface area contributed by atoms with Crippen molar-refractivity contribution in [3.8, 4) is 0 Å². The van der Waals surface area contributed by atoms with E-state index in [0.717, 1.165) is 5.56 Å². The smallest absolute Gasteiger partial charge is 0.234 e. The van der Waals surface area contributed by atoms with Crippen molar-refractivity contribution < 1.29 is 9.18 Å². The fourth-order valence-electron chi connectivity index (χ4n) is 2.29. The largest absolute Gasteiger partial charge is 0.365 e. The molecule has 7 heteroatoms. The first-order valence-electron chi connectivity index (χ1n) is 8.40. The predicted octanol–water partition coefficient (Wildman–Crippen LogP) is 4.27. The number of nitrogens with zero attached hydrogens (tertiary/aromatic N) is 2. The molecule has 2 N–H and O–H groups in total. The topological polar surface area (TPSA) is 66.9 Å². The van der Waals surface area contributed by atoms with Crippen LogP contribution in [0, 0.1) is 12.7 Å². The highest BCUT2D eigenvalue weighted by molar-refractivity contribution is 7.99. The Bertz CT molecular complexity index is 904. The molecule has 0 aliphatic rings. The zero-order chi connectivity index (χ0) is 19.1. The highest BCUT2D eigenvalue weighted by Gasteiger charge is 2.07. The highest BCUT2D eigenvalue weighted by atomic mass is 32.2. The van der Waals surface area contributed by atoms with E-state index in [0.29, 0.717) is 28.6 Å². The molecule has 3 aromatic rings. The second kappa shape index (κ2) is 9.14. The average Bonchev–Trinajstić information content (AvgIpc) is 2.69. The number of carbonyl (C=O) groups excluding carboxylic acids is 1. The van der Waals surface area contributed by atoms with E-state index in [9.17, 15) is 9.18 Å². The Kier molecular flexibility index (Phi) is 6.38. The van der Waals surface area contributed by atoms with Gasteiger partial charge >= 0.3 is 0 Å². The van der Waals surface area contributed by atoms with Crippen LogP contribution in [-0.4, -0.2) is 21.9 Å². The van der Waals surface area contributed by atoms with Crippen molar-refractivity contribution in [2.45, 2.75) is 18.5 Å². The van der Waals surface area contributed by atoms with Gasteiger partial charge in [0.25, 0.3) is 0 Å². The molecule has 3 rings (SSSR count). The number of thioether (sulfide) groups is 1. The van der Waals surface area contributed by atoms with Gasteiger partial charge in [-0.1, -0.05) is 48.2 Å². The molecule has 0 saturated carbocycles. The number of amides is 1. The molecule has 138 valence electrons. The highest BCUT2D eigenvalue weighted by Crippen LogP contribution is 2.18. The Morgan fingerprint density at radius 2 is 1.89 bits per heavy atom. The lowest BCUT2D eigenvalue weighted by atomic mass is 10.2. The van der Waals surface area contributed by atoms with Gasteiger partial charge < -0.3 is 10.6 Å². The van der Waals surface area contributed by atoms with Gasteiger partial charge in [0.1, 0.15) is 16.7 Å². The fraction of sp³-hybridized carbons (Fsp3) is 0.150. The van der Waals surface area contributed by atoms with Gasteiger partial charge in [-0.15, -0.1) is 10.2 Å². The molecule has 0 atom stereocenters. The molecule has 0 saturated heterocycles. The van der Waals surface area contributed by atoms with Gasteiger partial charge in [-0.2, -0.15) is 0 Å². The van der Waals surface area contributed by atoms with E-state index >= 15 is 0 Å². The summed E-state index contributed by atoms with van der Waals surface area (Å²) in [7, 11) is 0. The van der Waals surface area contributed by atoms with Crippen LogP contribution < -0.4 is 10.6 Å². The second-order valence-electron chi connectivity index (χ2n) is 5.90. The Labute approximate surface area is 161 Å². The monoisotopic (exact) mass is 382 g/mol. The summed E-state index contributed by atoms with van der Waals surface area (Å²) in [5.41, 5.74) is 2.14. The molecular formula is C20H19FN4OS. The maximum Gasteiger partial charge on any atom is 0.234 e. The SMILES string of the molecule is Cc1ccc(NC(=O)CSc2ccc(NCc3ccccc3)nn2)cc1F. The van der Waals surface area contributed by atoms with Gasteiger partial charge in [0, 0.05) is 12.2 Å². The van der Waals surface area contributed by atoms with E-state index in [1.807, 2.05) is 42.5 Å². The number of hydrogen-bond acceptors (Lipinski definition) is 5. The van der Waals surface area contributed by atoms with Crippen molar-refractivity contribution >= 4 is 29.2 Å². The number of aryl methyl sites for hydroxylation is 1. The zero-order valence-corrected chi connectivity index (χ0v) is 15.6. The Balaban J connectivity index is 1.46. The van der Waals surface area contributed by atoms with Gasteiger partial charge in [0.05, 0.1) is 5.75 Å². The second-order valence-corrected chi connectivity index (χ2v) is 6.89. The first-order chi connectivity index (χ1) is 13.1. The van der Waals surface area contributed by atoms with E-state index in [1.165, 1.54) is 17.8 Å². The number of anilines is 2. The molecule has 0 radical (unpaired) electrons. The maximum atomic E-state index is 13.5. The van der Waals surface area contributed by atoms with Crippen LogP contribution in [0.4, 0.5) is 15.9 Å². The van der Waals surface area contributed by atoms with Gasteiger partial charge in [-0.3, -0.25) is 4.79 Å². The summed E-state index contributed by atoms with van der Waals surface area (Å²) >= 11 is 1.27. The molecule has 0 aliphatic carbocycles. The van der Waals surface area contributed by atoms with Crippen LogP contribution in [0.5, 0.6) is 0 Å². The number of hydrogen-bond donors (Lipinski definition) is 2. The number of carbonyl (C=O) groups is 1. The zero-order valence-electron chi connectivity index (χ0n) is 14.8. The molecule has 27 heavy (non-hydrogen) atoms. The number of halogens is 1. The normalized spacial score (nSPS) is 10.4. The first kappa shape index (κ1) is 18.8. The summed E-state index contributed by atoms with van der Waals surface area (Å²) in [4.78, 5) is 12.0. The van der Waals surface area contributed by atoms with Crippen molar-refractivity contribution in [3.63, 3.8) is 0 Å². The minimum atomic E-state index is -0.343. The van der Waals surface area contributed by atoms with Crippen molar-refractivity contribution in [1.29, 1.82) is 0 Å².